The van der Waals surface area contributed by atoms with Crippen molar-refractivity contribution in [3.8, 4) is 0 Å². The van der Waals surface area contributed by atoms with Crippen LogP contribution in [0.1, 0.15) is 31.0 Å². The second-order valence-corrected chi connectivity index (χ2v) is 5.20. The van der Waals surface area contributed by atoms with Crippen molar-refractivity contribution in [2.24, 2.45) is 0 Å². The Morgan fingerprint density at radius 1 is 1.50 bits per heavy atom. The number of hydrogen-bond acceptors (Lipinski definition) is 4. The Hall–Kier alpha value is -1.40. The molecule has 2 unspecified atom stereocenters. The SMILES string of the molecule is O=C(O)C1CC(O)CN1Cc1cncn1C1CC1. The number of rotatable bonds is 4. The van der Waals surface area contributed by atoms with E-state index in [1.807, 2.05) is 11.2 Å². The summed E-state index contributed by atoms with van der Waals surface area (Å²) in [6, 6.07) is -0.0409. The molecule has 0 radical (unpaired) electrons. The lowest BCUT2D eigenvalue weighted by Gasteiger charge is -2.21. The van der Waals surface area contributed by atoms with Gasteiger partial charge in [-0.3, -0.25) is 9.69 Å². The number of β-amino-alcohol motifs (C(OH)–C–C–N with tert-alkyl or cyclic N) is 1. The molecule has 2 heterocycles. The first-order chi connectivity index (χ1) is 8.65. The van der Waals surface area contributed by atoms with Crippen LogP contribution in [0.2, 0.25) is 0 Å². The molecule has 0 bridgehead atoms. The van der Waals surface area contributed by atoms with E-state index < -0.39 is 18.1 Å². The zero-order chi connectivity index (χ0) is 12.7. The molecule has 0 spiro atoms. The molecule has 2 fully saturated rings. The Bertz CT molecular complexity index is 455. The predicted octanol–water partition coefficient (Wildman–Crippen LogP) is 0.238. The van der Waals surface area contributed by atoms with Gasteiger partial charge in [-0.15, -0.1) is 0 Å². The third-order valence-electron chi connectivity index (χ3n) is 3.72. The summed E-state index contributed by atoms with van der Waals surface area (Å²) in [6.45, 7) is 0.970. The van der Waals surface area contributed by atoms with Crippen molar-refractivity contribution >= 4 is 5.97 Å². The third-order valence-corrected chi connectivity index (χ3v) is 3.72. The number of aliphatic hydroxyl groups is 1. The number of imidazole rings is 1. The van der Waals surface area contributed by atoms with Crippen molar-refractivity contribution in [2.45, 2.75) is 44.0 Å². The van der Waals surface area contributed by atoms with Crippen LogP contribution < -0.4 is 0 Å². The third kappa shape index (κ3) is 2.13. The first-order valence-electron chi connectivity index (χ1n) is 6.31. The van der Waals surface area contributed by atoms with Gasteiger partial charge in [0.2, 0.25) is 0 Å². The number of aliphatic hydroxyl groups excluding tert-OH is 1. The number of aliphatic carboxylic acids is 1. The number of likely N-dealkylation sites (tertiary alicyclic amines) is 1. The Labute approximate surface area is 105 Å². The molecule has 1 aromatic rings. The summed E-state index contributed by atoms with van der Waals surface area (Å²) in [6.07, 6.45) is 5.73. The van der Waals surface area contributed by atoms with Crippen LogP contribution in [-0.4, -0.2) is 49.3 Å². The first kappa shape index (κ1) is 11.7. The van der Waals surface area contributed by atoms with E-state index in [0.717, 1.165) is 5.69 Å². The number of carboxylic acid groups (broad SMARTS) is 1. The van der Waals surface area contributed by atoms with Crippen LogP contribution in [0, 0.1) is 0 Å². The number of nitrogens with zero attached hydrogens (tertiary/aromatic N) is 3. The molecule has 6 heteroatoms. The zero-order valence-electron chi connectivity index (χ0n) is 10.1. The van der Waals surface area contributed by atoms with Gasteiger partial charge in [0, 0.05) is 31.7 Å². The van der Waals surface area contributed by atoms with Gasteiger partial charge in [-0.1, -0.05) is 0 Å². The second-order valence-electron chi connectivity index (χ2n) is 5.20. The highest BCUT2D eigenvalue weighted by Gasteiger charge is 2.36. The molecule has 6 nitrogen and oxygen atoms in total. The van der Waals surface area contributed by atoms with Gasteiger partial charge in [0.05, 0.1) is 18.1 Å². The van der Waals surface area contributed by atoms with Crippen LogP contribution in [0.4, 0.5) is 0 Å². The average Bonchev–Trinajstić information content (AvgIpc) is 2.94. The molecule has 1 aliphatic carbocycles. The van der Waals surface area contributed by atoms with Gasteiger partial charge in [0.15, 0.2) is 0 Å². The highest BCUT2D eigenvalue weighted by atomic mass is 16.4. The van der Waals surface area contributed by atoms with Crippen LogP contribution >= 0.6 is 0 Å². The Morgan fingerprint density at radius 3 is 2.94 bits per heavy atom. The van der Waals surface area contributed by atoms with Crippen LogP contribution in [0.25, 0.3) is 0 Å². The maximum atomic E-state index is 11.1. The topological polar surface area (TPSA) is 78.6 Å². The lowest BCUT2D eigenvalue weighted by Crippen LogP contribution is -2.36. The van der Waals surface area contributed by atoms with Crippen molar-refractivity contribution in [3.05, 3.63) is 18.2 Å². The smallest absolute Gasteiger partial charge is 0.321 e. The molecule has 1 aromatic heterocycles. The molecule has 1 saturated heterocycles. The predicted molar refractivity (Wildman–Crippen MR) is 63.0 cm³/mol. The summed E-state index contributed by atoms with van der Waals surface area (Å²) in [5, 5.41) is 18.8. The standard InChI is InChI=1S/C12H17N3O3/c16-10-3-11(12(17)18)14(6-10)5-9-4-13-7-15(9)8-1-2-8/h4,7-8,10-11,16H,1-3,5-6H2,(H,17,18). The van der Waals surface area contributed by atoms with E-state index in [-0.39, 0.29) is 0 Å². The highest BCUT2D eigenvalue weighted by molar-refractivity contribution is 5.74. The molecule has 1 aliphatic heterocycles. The molecule has 98 valence electrons. The average molecular weight is 251 g/mol. The molecule has 1 saturated carbocycles. The first-order valence-corrected chi connectivity index (χ1v) is 6.31. The fourth-order valence-corrected chi connectivity index (χ4v) is 2.66. The Kier molecular flexibility index (Phi) is 2.83. The molecule has 2 N–H and O–H groups in total. The van der Waals surface area contributed by atoms with Gasteiger partial charge in [-0.25, -0.2) is 4.98 Å². The van der Waals surface area contributed by atoms with Crippen LogP contribution in [0.15, 0.2) is 12.5 Å². The molecular weight excluding hydrogens is 234 g/mol. The quantitative estimate of drug-likeness (QED) is 0.801. The van der Waals surface area contributed by atoms with Gasteiger partial charge in [-0.05, 0) is 12.8 Å². The number of aromatic nitrogens is 2. The highest BCUT2D eigenvalue weighted by Crippen LogP contribution is 2.36. The largest absolute Gasteiger partial charge is 0.480 e. The van der Waals surface area contributed by atoms with E-state index in [0.29, 0.717) is 25.6 Å². The Morgan fingerprint density at radius 2 is 2.28 bits per heavy atom. The minimum Gasteiger partial charge on any atom is -0.480 e. The van der Waals surface area contributed by atoms with Crippen molar-refractivity contribution in [3.63, 3.8) is 0 Å². The fourth-order valence-electron chi connectivity index (χ4n) is 2.66. The minimum atomic E-state index is -0.857. The normalized spacial score (nSPS) is 28.7. The number of carbonyl (C=O) groups is 1. The molecule has 0 amide bonds. The Balaban J connectivity index is 1.74. The van der Waals surface area contributed by atoms with Crippen molar-refractivity contribution < 1.29 is 15.0 Å². The van der Waals surface area contributed by atoms with Crippen LogP contribution in [-0.2, 0) is 11.3 Å². The number of carboxylic acids is 1. The van der Waals surface area contributed by atoms with E-state index in [1.165, 1.54) is 12.8 Å². The van der Waals surface area contributed by atoms with Gasteiger partial charge in [0.1, 0.15) is 6.04 Å². The summed E-state index contributed by atoms with van der Waals surface area (Å²) in [7, 11) is 0. The summed E-state index contributed by atoms with van der Waals surface area (Å²) in [4.78, 5) is 17.1. The summed E-state index contributed by atoms with van der Waals surface area (Å²) in [5.41, 5.74) is 1.04. The maximum absolute atomic E-state index is 11.1. The van der Waals surface area contributed by atoms with E-state index in [1.54, 1.807) is 6.20 Å². The molecular formula is C12H17N3O3. The van der Waals surface area contributed by atoms with Crippen molar-refractivity contribution in [1.82, 2.24) is 14.5 Å². The van der Waals surface area contributed by atoms with Crippen molar-refractivity contribution in [2.75, 3.05) is 6.54 Å². The molecule has 2 aliphatic rings. The molecule has 18 heavy (non-hydrogen) atoms. The van der Waals surface area contributed by atoms with E-state index >= 15 is 0 Å². The monoisotopic (exact) mass is 251 g/mol. The summed E-state index contributed by atoms with van der Waals surface area (Å²) >= 11 is 0. The van der Waals surface area contributed by atoms with Gasteiger partial charge >= 0.3 is 5.97 Å². The lowest BCUT2D eigenvalue weighted by atomic mass is 10.2. The summed E-state index contributed by atoms with van der Waals surface area (Å²) < 4.78 is 2.13. The molecule has 0 aromatic carbocycles. The van der Waals surface area contributed by atoms with Crippen molar-refractivity contribution in [1.29, 1.82) is 0 Å². The molecule has 3 rings (SSSR count). The van der Waals surface area contributed by atoms with Crippen LogP contribution in [0.3, 0.4) is 0 Å². The van der Waals surface area contributed by atoms with Gasteiger partial charge < -0.3 is 14.8 Å². The van der Waals surface area contributed by atoms with E-state index in [4.69, 9.17) is 5.11 Å². The van der Waals surface area contributed by atoms with Gasteiger partial charge in [0.25, 0.3) is 0 Å². The zero-order valence-corrected chi connectivity index (χ0v) is 10.1. The maximum Gasteiger partial charge on any atom is 0.321 e. The fraction of sp³-hybridized carbons (Fsp3) is 0.667. The van der Waals surface area contributed by atoms with Crippen LogP contribution in [0.5, 0.6) is 0 Å². The van der Waals surface area contributed by atoms with Gasteiger partial charge in [-0.2, -0.15) is 0 Å². The second kappa shape index (κ2) is 4.37. The van der Waals surface area contributed by atoms with E-state index in [2.05, 4.69) is 9.55 Å². The minimum absolute atomic E-state index is 0.312. The number of hydrogen-bond donors (Lipinski definition) is 2. The summed E-state index contributed by atoms with van der Waals surface area (Å²) in [5.74, 6) is -0.857. The lowest BCUT2D eigenvalue weighted by molar-refractivity contribution is -0.142. The molecule has 2 atom stereocenters. The van der Waals surface area contributed by atoms with E-state index in [9.17, 15) is 9.90 Å².